The number of rotatable bonds is 9. The number of aromatic nitrogens is 2. The lowest BCUT2D eigenvalue weighted by Gasteiger charge is -2.36. The number of methoxy groups -OCH3 is 2. The molecule has 4 rings (SSSR count). The molecule has 36 heavy (non-hydrogen) atoms. The Morgan fingerprint density at radius 1 is 1.06 bits per heavy atom. The van der Waals surface area contributed by atoms with E-state index in [-0.39, 0.29) is 17.5 Å². The third-order valence-electron chi connectivity index (χ3n) is 5.94. The molecule has 1 saturated heterocycles. The molecule has 0 saturated carbocycles. The summed E-state index contributed by atoms with van der Waals surface area (Å²) in [5.41, 5.74) is -0.0721. The topological polar surface area (TPSA) is 106 Å². The van der Waals surface area contributed by atoms with E-state index in [4.69, 9.17) is 21.7 Å². The zero-order valence-corrected chi connectivity index (χ0v) is 20.5. The molecule has 11 heteroatoms. The van der Waals surface area contributed by atoms with Crippen LogP contribution in [0.3, 0.4) is 0 Å². The van der Waals surface area contributed by atoms with Crippen molar-refractivity contribution in [3.05, 3.63) is 77.9 Å². The van der Waals surface area contributed by atoms with Gasteiger partial charge in [-0.05, 0) is 54.0 Å². The number of nitrogens with one attached hydrogen (secondary N) is 2. The van der Waals surface area contributed by atoms with Crippen LogP contribution in [0.5, 0.6) is 11.5 Å². The molecule has 9 nitrogen and oxygen atoms in total. The zero-order valence-electron chi connectivity index (χ0n) is 19.7. The van der Waals surface area contributed by atoms with Crippen molar-refractivity contribution in [3.8, 4) is 11.5 Å². The quantitative estimate of drug-likeness (QED) is 0.425. The third-order valence-corrected chi connectivity index (χ3v) is 6.26. The number of halogens is 1. The summed E-state index contributed by atoms with van der Waals surface area (Å²) in [7, 11) is 3.07. The maximum atomic E-state index is 13.8. The summed E-state index contributed by atoms with van der Waals surface area (Å²) in [6.45, 7) is 0.327. The number of anilines is 1. The maximum absolute atomic E-state index is 13.8. The van der Waals surface area contributed by atoms with Gasteiger partial charge >= 0.3 is 0 Å². The predicted molar refractivity (Wildman–Crippen MR) is 134 cm³/mol. The zero-order chi connectivity index (χ0) is 25.7. The lowest BCUT2D eigenvalue weighted by molar-refractivity contribution is -0.131. The average molecular weight is 510 g/mol. The summed E-state index contributed by atoms with van der Waals surface area (Å²) >= 11 is 5.49. The van der Waals surface area contributed by atoms with Crippen molar-refractivity contribution in [2.24, 2.45) is 0 Å². The van der Waals surface area contributed by atoms with E-state index in [1.807, 2.05) is 24.3 Å². The Kier molecular flexibility index (Phi) is 7.39. The van der Waals surface area contributed by atoms with Crippen molar-refractivity contribution >= 4 is 35.1 Å². The van der Waals surface area contributed by atoms with Crippen LogP contribution >= 0.6 is 12.2 Å². The van der Waals surface area contributed by atoms with Crippen LogP contribution in [0.25, 0.3) is 0 Å². The number of hydrogen-bond acceptors (Lipinski definition) is 7. The first-order valence-electron chi connectivity index (χ1n) is 11.0. The van der Waals surface area contributed by atoms with Crippen LogP contribution in [0, 0.1) is 5.82 Å². The van der Waals surface area contributed by atoms with Gasteiger partial charge in [-0.2, -0.15) is 0 Å². The van der Waals surface area contributed by atoms with Gasteiger partial charge in [-0.25, -0.2) is 14.4 Å². The highest BCUT2D eigenvalue weighted by atomic mass is 32.1. The van der Waals surface area contributed by atoms with Gasteiger partial charge < -0.3 is 19.7 Å². The van der Waals surface area contributed by atoms with Crippen molar-refractivity contribution in [2.45, 2.75) is 18.4 Å². The second kappa shape index (κ2) is 10.6. The Morgan fingerprint density at radius 2 is 1.69 bits per heavy atom. The van der Waals surface area contributed by atoms with Crippen LogP contribution in [0.1, 0.15) is 17.5 Å². The Morgan fingerprint density at radius 3 is 2.31 bits per heavy atom. The second-order valence-electron chi connectivity index (χ2n) is 8.05. The maximum Gasteiger partial charge on any atom is 0.257 e. The first kappa shape index (κ1) is 25.0. The van der Waals surface area contributed by atoms with E-state index in [1.165, 1.54) is 43.8 Å². The summed E-state index contributed by atoms with van der Waals surface area (Å²) in [5, 5.41) is 5.49. The molecular weight excluding hydrogens is 485 g/mol. The molecule has 0 spiro atoms. The normalized spacial score (nSPS) is 17.0. The molecule has 1 fully saturated rings. The van der Waals surface area contributed by atoms with Crippen molar-refractivity contribution in [1.29, 1.82) is 0 Å². The minimum Gasteiger partial charge on any atom is -0.497 e. The number of benzene rings is 2. The highest BCUT2D eigenvalue weighted by molar-refractivity contribution is 7.80. The summed E-state index contributed by atoms with van der Waals surface area (Å²) in [6.07, 6.45) is 3.06. The van der Waals surface area contributed by atoms with Crippen LogP contribution in [0.4, 0.5) is 10.3 Å². The van der Waals surface area contributed by atoms with Crippen molar-refractivity contribution < 1.29 is 23.5 Å². The number of thiocarbonyl (C=S) groups is 1. The monoisotopic (exact) mass is 509 g/mol. The molecule has 2 amide bonds. The van der Waals surface area contributed by atoms with Gasteiger partial charge in [0.2, 0.25) is 11.9 Å². The van der Waals surface area contributed by atoms with Gasteiger partial charge in [0.1, 0.15) is 11.6 Å². The fourth-order valence-corrected chi connectivity index (χ4v) is 4.41. The fourth-order valence-electron chi connectivity index (χ4n) is 4.07. The van der Waals surface area contributed by atoms with E-state index < -0.39 is 23.2 Å². The Bertz CT molecular complexity index is 1250. The summed E-state index contributed by atoms with van der Waals surface area (Å²) in [5.74, 6) is -0.235. The molecule has 2 heterocycles. The Hall–Kier alpha value is -4.12. The van der Waals surface area contributed by atoms with E-state index in [0.29, 0.717) is 24.3 Å². The van der Waals surface area contributed by atoms with Crippen LogP contribution in [-0.2, 0) is 21.5 Å². The van der Waals surface area contributed by atoms with Gasteiger partial charge in [0.15, 0.2) is 16.4 Å². The highest BCUT2D eigenvalue weighted by Gasteiger charge is 2.53. The molecule has 186 valence electrons. The number of carbonyl (C=O) groups excluding carboxylic acids is 2. The average Bonchev–Trinajstić information content (AvgIpc) is 3.12. The van der Waals surface area contributed by atoms with Gasteiger partial charge in [0, 0.05) is 6.54 Å². The first-order valence-corrected chi connectivity index (χ1v) is 11.4. The number of ether oxygens (including phenoxy) is 2. The van der Waals surface area contributed by atoms with E-state index in [0.717, 1.165) is 11.3 Å². The molecule has 0 bridgehead atoms. The lowest BCUT2D eigenvalue weighted by Crippen LogP contribution is -2.50. The van der Waals surface area contributed by atoms with E-state index >= 15 is 0 Å². The van der Waals surface area contributed by atoms with E-state index in [9.17, 15) is 14.0 Å². The minimum absolute atomic E-state index is 0.0563. The summed E-state index contributed by atoms with van der Waals surface area (Å²) in [4.78, 5) is 36.3. The molecular formula is C25H24FN5O4S. The SMILES string of the molecule is COc1ccc(CCN2C(=S)NC(=O)C2(CC(=O)Nc2ncc(OC)cn2)c2ccc(F)cc2)cc1. The molecule has 0 aliphatic carbocycles. The number of hydrogen-bond donors (Lipinski definition) is 2. The molecule has 1 aromatic heterocycles. The molecule has 1 aliphatic rings. The summed E-state index contributed by atoms with van der Waals surface area (Å²) in [6, 6.07) is 13.0. The van der Waals surface area contributed by atoms with Crippen molar-refractivity contribution in [1.82, 2.24) is 20.2 Å². The molecule has 1 atom stereocenters. The second-order valence-corrected chi connectivity index (χ2v) is 8.43. The van der Waals surface area contributed by atoms with Crippen molar-refractivity contribution in [2.75, 3.05) is 26.1 Å². The molecule has 1 unspecified atom stereocenters. The molecule has 3 aromatic rings. The van der Waals surface area contributed by atoms with Gasteiger partial charge in [-0.1, -0.05) is 24.3 Å². The van der Waals surface area contributed by atoms with Crippen LogP contribution in [-0.4, -0.2) is 52.6 Å². The number of nitrogens with zero attached hydrogens (tertiary/aromatic N) is 3. The van der Waals surface area contributed by atoms with Gasteiger partial charge in [-0.3, -0.25) is 14.9 Å². The standard InChI is InChI=1S/C25H24FN5O4S/c1-34-19-9-3-16(4-10-19)11-12-31-24(36)30-22(33)25(31,17-5-7-18(26)8-6-17)13-21(32)29-23-27-14-20(35-2)15-28-23/h3-10,14-15H,11-13H2,1-2H3,(H,30,33,36)(H,27,28,29,32). The molecule has 1 aliphatic heterocycles. The smallest absolute Gasteiger partial charge is 0.257 e. The largest absolute Gasteiger partial charge is 0.497 e. The highest BCUT2D eigenvalue weighted by Crippen LogP contribution is 2.37. The lowest BCUT2D eigenvalue weighted by atomic mass is 9.84. The van der Waals surface area contributed by atoms with Crippen LogP contribution in [0.2, 0.25) is 0 Å². The Labute approximate surface area is 212 Å². The molecule has 2 N–H and O–H groups in total. The van der Waals surface area contributed by atoms with Crippen LogP contribution < -0.4 is 20.1 Å². The third kappa shape index (κ3) is 5.10. The van der Waals surface area contributed by atoms with Gasteiger partial charge in [0.25, 0.3) is 5.91 Å². The predicted octanol–water partition coefficient (Wildman–Crippen LogP) is 2.82. The first-order chi connectivity index (χ1) is 17.3. The van der Waals surface area contributed by atoms with Crippen molar-refractivity contribution in [3.63, 3.8) is 0 Å². The molecule has 2 aromatic carbocycles. The van der Waals surface area contributed by atoms with Gasteiger partial charge in [0.05, 0.1) is 33.0 Å². The molecule has 0 radical (unpaired) electrons. The van der Waals surface area contributed by atoms with E-state index in [2.05, 4.69) is 20.6 Å². The van der Waals surface area contributed by atoms with E-state index in [1.54, 1.807) is 12.0 Å². The summed E-state index contributed by atoms with van der Waals surface area (Å²) < 4.78 is 24.0. The van der Waals surface area contributed by atoms with Gasteiger partial charge in [-0.15, -0.1) is 0 Å². The van der Waals surface area contributed by atoms with Crippen LogP contribution in [0.15, 0.2) is 60.9 Å². The fraction of sp³-hybridized carbons (Fsp3) is 0.240. The minimum atomic E-state index is -1.49. The Balaban J connectivity index is 1.64. The number of amides is 2. The number of carbonyl (C=O) groups is 2.